The van der Waals surface area contributed by atoms with Crippen molar-refractivity contribution in [3.05, 3.63) is 23.1 Å². The van der Waals surface area contributed by atoms with Crippen molar-refractivity contribution >= 4 is 29.2 Å². The van der Waals surface area contributed by atoms with Gasteiger partial charge in [-0.15, -0.1) is 11.8 Å². The average molecular weight is 242 g/mol. The van der Waals surface area contributed by atoms with E-state index in [1.807, 2.05) is 6.92 Å². The predicted molar refractivity (Wildman–Crippen MR) is 64.8 cm³/mol. The number of nitrogens with zero attached hydrogens (tertiary/aromatic N) is 2. The molecule has 1 aliphatic rings. The van der Waals surface area contributed by atoms with Crippen LogP contribution in [0.15, 0.2) is 17.0 Å². The van der Waals surface area contributed by atoms with Gasteiger partial charge >= 0.3 is 0 Å². The molecule has 0 atom stereocenters. The molecule has 1 aliphatic heterocycles. The maximum atomic E-state index is 5.85. The molecule has 0 saturated heterocycles. The molecule has 5 heteroatoms. The summed E-state index contributed by atoms with van der Waals surface area (Å²) in [5.41, 5.74) is 2.13. The highest BCUT2D eigenvalue weighted by molar-refractivity contribution is 7.99. The molecular weight excluding hydrogens is 230 g/mol. The first kappa shape index (κ1) is 10.8. The summed E-state index contributed by atoms with van der Waals surface area (Å²) in [7, 11) is 0. The summed E-state index contributed by atoms with van der Waals surface area (Å²) in [4.78, 5) is 9.55. The molecule has 0 bridgehead atoms. The van der Waals surface area contributed by atoms with Gasteiger partial charge in [0.15, 0.2) is 0 Å². The molecule has 15 heavy (non-hydrogen) atoms. The molecule has 80 valence electrons. The number of rotatable bonds is 3. The first-order valence-electron chi connectivity index (χ1n) is 4.74. The summed E-state index contributed by atoms with van der Waals surface area (Å²) in [6.07, 6.45) is 0.976. The van der Waals surface area contributed by atoms with Crippen LogP contribution in [0.4, 0.5) is 5.82 Å². The molecule has 0 aliphatic carbocycles. The molecule has 0 radical (unpaired) electrons. The van der Waals surface area contributed by atoms with E-state index in [1.165, 1.54) is 0 Å². The molecule has 2 heterocycles. The van der Waals surface area contributed by atoms with Crippen LogP contribution in [0, 0.1) is 0 Å². The maximum absolute atomic E-state index is 5.85. The lowest BCUT2D eigenvalue weighted by Crippen LogP contribution is -2.06. The molecule has 0 fully saturated rings. The van der Waals surface area contributed by atoms with Gasteiger partial charge in [-0.3, -0.25) is 0 Å². The third-order valence-corrected chi connectivity index (χ3v) is 3.35. The van der Waals surface area contributed by atoms with Crippen molar-refractivity contribution in [1.29, 1.82) is 0 Å². The summed E-state index contributed by atoms with van der Waals surface area (Å²) in [5.74, 6) is 1.90. The second kappa shape index (κ2) is 4.41. The van der Waals surface area contributed by atoms with Gasteiger partial charge in [0.25, 0.3) is 0 Å². The minimum atomic E-state index is 0.320. The van der Waals surface area contributed by atoms with Crippen molar-refractivity contribution in [3.8, 4) is 0 Å². The van der Waals surface area contributed by atoms with Crippen molar-refractivity contribution in [2.45, 2.75) is 18.2 Å². The van der Waals surface area contributed by atoms with E-state index in [1.54, 1.807) is 11.8 Å². The van der Waals surface area contributed by atoms with Crippen molar-refractivity contribution in [2.24, 2.45) is 0 Å². The number of aromatic nitrogens is 2. The van der Waals surface area contributed by atoms with E-state index in [-0.39, 0.29) is 0 Å². The fourth-order valence-electron chi connectivity index (χ4n) is 1.39. The molecule has 1 N–H and O–H groups in total. The van der Waals surface area contributed by atoms with Crippen LogP contribution in [-0.4, -0.2) is 22.3 Å². The van der Waals surface area contributed by atoms with Gasteiger partial charge in [-0.2, -0.15) is 4.98 Å². The average Bonchev–Trinajstić information content (AvgIpc) is 2.61. The lowest BCUT2D eigenvalue weighted by atomic mass is 10.3. The maximum Gasteiger partial charge on any atom is 0.224 e. The minimum Gasteiger partial charge on any atom is -0.365 e. The van der Waals surface area contributed by atoms with Gasteiger partial charge in [-0.05, 0) is 18.5 Å². The second-order valence-electron chi connectivity index (χ2n) is 3.53. The summed E-state index contributed by atoms with van der Waals surface area (Å²) >= 11 is 7.63. The Kier molecular flexibility index (Phi) is 3.17. The van der Waals surface area contributed by atoms with Gasteiger partial charge in [-0.1, -0.05) is 12.2 Å². The van der Waals surface area contributed by atoms with Gasteiger partial charge in [0.05, 0.1) is 10.6 Å². The number of aryl methyl sites for hydroxylation is 1. The van der Waals surface area contributed by atoms with Crippen molar-refractivity contribution < 1.29 is 0 Å². The summed E-state index contributed by atoms with van der Waals surface area (Å²) in [6.45, 7) is 6.54. The van der Waals surface area contributed by atoms with Crippen LogP contribution in [0.25, 0.3) is 0 Å². The zero-order chi connectivity index (χ0) is 10.8. The van der Waals surface area contributed by atoms with Crippen molar-refractivity contribution in [3.63, 3.8) is 0 Å². The normalized spacial score (nSPS) is 13.7. The Balaban J connectivity index is 2.26. The Hall–Kier alpha value is -0.740. The standard InChI is InChI=1S/C10H12ClN3S/c1-6(2)5-12-9-8-7(3-4-15-8)13-10(11)14-9/h1,3-5H2,2H3,(H,12,13,14). The van der Waals surface area contributed by atoms with Crippen molar-refractivity contribution in [1.82, 2.24) is 9.97 Å². The molecule has 0 aromatic carbocycles. The van der Waals surface area contributed by atoms with Crippen LogP contribution in [0.3, 0.4) is 0 Å². The molecule has 0 saturated carbocycles. The summed E-state index contributed by atoms with van der Waals surface area (Å²) < 4.78 is 0. The smallest absolute Gasteiger partial charge is 0.224 e. The Bertz CT molecular complexity index is 406. The lowest BCUT2D eigenvalue weighted by molar-refractivity contribution is 0.969. The Labute approximate surface area is 98.3 Å². The molecule has 0 spiro atoms. The highest BCUT2D eigenvalue weighted by Gasteiger charge is 2.19. The first-order chi connectivity index (χ1) is 7.16. The Morgan fingerprint density at radius 1 is 1.60 bits per heavy atom. The van der Waals surface area contributed by atoms with Crippen molar-refractivity contribution in [2.75, 3.05) is 17.6 Å². The fourth-order valence-corrected chi connectivity index (χ4v) is 2.65. The van der Waals surface area contributed by atoms with Gasteiger partial charge in [0.2, 0.25) is 5.28 Å². The molecule has 2 rings (SSSR count). The summed E-state index contributed by atoms with van der Waals surface area (Å²) in [6, 6.07) is 0. The van der Waals surface area contributed by atoms with Gasteiger partial charge in [-0.25, -0.2) is 4.98 Å². The summed E-state index contributed by atoms with van der Waals surface area (Å²) in [5, 5.41) is 3.55. The number of thioether (sulfide) groups is 1. The number of nitrogens with one attached hydrogen (secondary N) is 1. The van der Waals surface area contributed by atoms with E-state index in [9.17, 15) is 0 Å². The molecule has 1 aromatic rings. The number of halogens is 1. The predicted octanol–water partition coefficient (Wildman–Crippen LogP) is 2.77. The van der Waals surface area contributed by atoms with Crippen LogP contribution in [0.1, 0.15) is 12.6 Å². The van der Waals surface area contributed by atoms with Crippen LogP contribution < -0.4 is 5.32 Å². The van der Waals surface area contributed by atoms with E-state index in [0.717, 1.165) is 40.7 Å². The first-order valence-corrected chi connectivity index (χ1v) is 6.10. The van der Waals surface area contributed by atoms with E-state index in [0.29, 0.717) is 5.28 Å². The SMILES string of the molecule is C=C(C)CNc1nc(Cl)nc2c1SCC2. The highest BCUT2D eigenvalue weighted by Crippen LogP contribution is 2.35. The fraction of sp³-hybridized carbons (Fsp3) is 0.400. The van der Waals surface area contributed by atoms with E-state index in [2.05, 4.69) is 21.9 Å². The molecule has 0 unspecified atom stereocenters. The number of anilines is 1. The monoisotopic (exact) mass is 241 g/mol. The largest absolute Gasteiger partial charge is 0.365 e. The Morgan fingerprint density at radius 2 is 2.40 bits per heavy atom. The van der Waals surface area contributed by atoms with E-state index < -0.39 is 0 Å². The van der Waals surface area contributed by atoms with Gasteiger partial charge in [0, 0.05) is 18.7 Å². The van der Waals surface area contributed by atoms with Gasteiger partial charge in [0.1, 0.15) is 5.82 Å². The topological polar surface area (TPSA) is 37.8 Å². The van der Waals surface area contributed by atoms with Crippen LogP contribution >= 0.6 is 23.4 Å². The minimum absolute atomic E-state index is 0.320. The lowest BCUT2D eigenvalue weighted by Gasteiger charge is -2.09. The Morgan fingerprint density at radius 3 is 3.13 bits per heavy atom. The third-order valence-electron chi connectivity index (χ3n) is 2.05. The van der Waals surface area contributed by atoms with E-state index in [4.69, 9.17) is 11.6 Å². The quantitative estimate of drug-likeness (QED) is 0.652. The number of fused-ring (bicyclic) bond motifs is 1. The van der Waals surface area contributed by atoms with Crippen LogP contribution in [-0.2, 0) is 6.42 Å². The second-order valence-corrected chi connectivity index (χ2v) is 4.97. The number of hydrogen-bond acceptors (Lipinski definition) is 4. The van der Waals surface area contributed by atoms with Crippen LogP contribution in [0.2, 0.25) is 5.28 Å². The number of hydrogen-bond donors (Lipinski definition) is 1. The third kappa shape index (κ3) is 2.44. The van der Waals surface area contributed by atoms with Crippen LogP contribution in [0.5, 0.6) is 0 Å². The van der Waals surface area contributed by atoms with E-state index >= 15 is 0 Å². The molecule has 0 amide bonds. The molecule has 3 nitrogen and oxygen atoms in total. The highest BCUT2D eigenvalue weighted by atomic mass is 35.5. The molecular formula is C10H12ClN3S. The van der Waals surface area contributed by atoms with Gasteiger partial charge < -0.3 is 5.32 Å². The molecule has 1 aromatic heterocycles. The zero-order valence-corrected chi connectivity index (χ0v) is 10.1. The zero-order valence-electron chi connectivity index (χ0n) is 8.51.